The number of non-ortho nitro benzene ring substituents is 1. The molecule has 2 heterocycles. The first kappa shape index (κ1) is 24.1. The maximum absolute atomic E-state index is 12.8. The summed E-state index contributed by atoms with van der Waals surface area (Å²) in [6, 6.07) is 11.1. The van der Waals surface area contributed by atoms with Gasteiger partial charge >= 0.3 is 17.6 Å². The number of esters is 2. The molecule has 0 radical (unpaired) electrons. The van der Waals surface area contributed by atoms with Gasteiger partial charge in [-0.25, -0.2) is 14.4 Å². The summed E-state index contributed by atoms with van der Waals surface area (Å²) >= 11 is 0. The monoisotopic (exact) mass is 492 g/mol. The molecule has 4 rings (SSSR count). The minimum absolute atomic E-state index is 0.120. The predicted octanol–water partition coefficient (Wildman–Crippen LogP) is 2.59. The van der Waals surface area contributed by atoms with Crippen LogP contribution >= 0.6 is 0 Å². The van der Waals surface area contributed by atoms with Crippen molar-refractivity contribution in [1.29, 1.82) is 0 Å². The molecule has 3 aromatic rings. The fourth-order valence-electron chi connectivity index (χ4n) is 3.91. The topological polar surface area (TPSA) is 173 Å². The molecule has 0 aliphatic carbocycles. The van der Waals surface area contributed by atoms with Crippen LogP contribution in [0, 0.1) is 10.1 Å². The molecule has 0 bridgehead atoms. The highest BCUT2D eigenvalue weighted by Crippen LogP contribution is 2.39. The van der Waals surface area contributed by atoms with Gasteiger partial charge in [0.2, 0.25) is 0 Å². The Bertz CT molecular complexity index is 1500. The van der Waals surface area contributed by atoms with Gasteiger partial charge in [-0.05, 0) is 43.7 Å². The number of aromatic amines is 2. The Kier molecular flexibility index (Phi) is 6.50. The van der Waals surface area contributed by atoms with E-state index in [1.54, 1.807) is 26.0 Å². The van der Waals surface area contributed by atoms with E-state index in [9.17, 15) is 29.3 Å². The van der Waals surface area contributed by atoms with Gasteiger partial charge < -0.3 is 14.8 Å². The van der Waals surface area contributed by atoms with Gasteiger partial charge in [-0.2, -0.15) is 0 Å². The normalized spacial score (nSPS) is 14.4. The molecule has 0 fully saturated rings. The number of carbonyl (C=O) groups excluding carboxylic acids is 2. The molecule has 3 N–H and O–H groups in total. The molecule has 12 heteroatoms. The van der Waals surface area contributed by atoms with Gasteiger partial charge in [0.05, 0.1) is 34.1 Å². The largest absolute Gasteiger partial charge is 0.463 e. The van der Waals surface area contributed by atoms with Gasteiger partial charge in [0.25, 0.3) is 11.2 Å². The van der Waals surface area contributed by atoms with E-state index in [-0.39, 0.29) is 40.6 Å². The molecule has 0 saturated carbocycles. The van der Waals surface area contributed by atoms with E-state index >= 15 is 0 Å². The van der Waals surface area contributed by atoms with Gasteiger partial charge in [-0.15, -0.1) is 0 Å². The minimum atomic E-state index is -0.875. The lowest BCUT2D eigenvalue weighted by Crippen LogP contribution is -2.35. The van der Waals surface area contributed by atoms with Gasteiger partial charge in [-0.3, -0.25) is 24.9 Å². The number of hydrogen-bond donors (Lipinski definition) is 3. The standard InChI is InChI=1S/C24H20N4O8/c1-3-35-23(31)17-12(2)25-20-19(21(29)27-24(32)26-20)18(17)13-6-10-16(11-7-13)36-22(30)14-4-8-15(9-5-14)28(33)34/h4-11,18H,3H2,1-2H3,(H3,25,26,27,29,32). The highest BCUT2D eigenvalue weighted by atomic mass is 16.6. The zero-order valence-corrected chi connectivity index (χ0v) is 19.1. The van der Waals surface area contributed by atoms with Crippen LogP contribution in [0.15, 0.2) is 69.4 Å². The number of nitrogens with one attached hydrogen (secondary N) is 3. The zero-order valence-electron chi connectivity index (χ0n) is 19.1. The molecule has 1 unspecified atom stereocenters. The Hall–Kier alpha value is -5.00. The van der Waals surface area contributed by atoms with Crippen molar-refractivity contribution in [2.24, 2.45) is 0 Å². The molecule has 1 aliphatic rings. The van der Waals surface area contributed by atoms with Crippen LogP contribution < -0.4 is 21.3 Å². The number of nitro groups is 1. The third-order valence-electron chi connectivity index (χ3n) is 5.51. The smallest absolute Gasteiger partial charge is 0.343 e. The molecule has 184 valence electrons. The number of nitro benzene ring substituents is 1. The molecule has 36 heavy (non-hydrogen) atoms. The third-order valence-corrected chi connectivity index (χ3v) is 5.51. The van der Waals surface area contributed by atoms with E-state index in [1.807, 2.05) is 0 Å². The van der Waals surface area contributed by atoms with Crippen LogP contribution in [0.25, 0.3) is 0 Å². The van der Waals surface area contributed by atoms with Gasteiger partial charge in [0, 0.05) is 17.8 Å². The van der Waals surface area contributed by atoms with Crippen LogP contribution in [0.3, 0.4) is 0 Å². The van der Waals surface area contributed by atoms with E-state index < -0.39 is 34.0 Å². The van der Waals surface area contributed by atoms with Gasteiger partial charge in [0.1, 0.15) is 11.6 Å². The van der Waals surface area contributed by atoms with Crippen molar-refractivity contribution in [2.75, 3.05) is 11.9 Å². The van der Waals surface area contributed by atoms with Crippen molar-refractivity contribution in [3.8, 4) is 5.75 Å². The summed E-state index contributed by atoms with van der Waals surface area (Å²) < 4.78 is 10.5. The van der Waals surface area contributed by atoms with E-state index in [0.29, 0.717) is 11.3 Å². The van der Waals surface area contributed by atoms with Crippen molar-refractivity contribution in [3.63, 3.8) is 0 Å². The van der Waals surface area contributed by atoms with E-state index in [2.05, 4.69) is 15.3 Å². The number of carbonyl (C=O) groups is 2. The molecular weight excluding hydrogens is 472 g/mol. The lowest BCUT2D eigenvalue weighted by atomic mass is 9.82. The lowest BCUT2D eigenvalue weighted by molar-refractivity contribution is -0.384. The average Bonchev–Trinajstić information content (AvgIpc) is 2.83. The number of ether oxygens (including phenoxy) is 2. The lowest BCUT2D eigenvalue weighted by Gasteiger charge is -2.28. The molecule has 0 spiro atoms. The fraction of sp³-hybridized carbons (Fsp3) is 0.167. The minimum Gasteiger partial charge on any atom is -0.463 e. The fourth-order valence-corrected chi connectivity index (χ4v) is 3.91. The highest BCUT2D eigenvalue weighted by molar-refractivity contribution is 5.94. The first-order valence-corrected chi connectivity index (χ1v) is 10.8. The summed E-state index contributed by atoms with van der Waals surface area (Å²) in [6.45, 7) is 3.40. The van der Waals surface area contributed by atoms with E-state index in [0.717, 1.165) is 0 Å². The Morgan fingerprint density at radius 1 is 1.00 bits per heavy atom. The number of hydrogen-bond acceptors (Lipinski definition) is 9. The van der Waals surface area contributed by atoms with Crippen LogP contribution in [0.4, 0.5) is 11.5 Å². The number of allylic oxidation sites excluding steroid dienone is 1. The summed E-state index contributed by atoms with van der Waals surface area (Å²) in [5, 5.41) is 13.7. The van der Waals surface area contributed by atoms with Crippen LogP contribution in [0.1, 0.15) is 41.3 Å². The predicted molar refractivity (Wildman–Crippen MR) is 127 cm³/mol. The van der Waals surface area contributed by atoms with E-state index in [4.69, 9.17) is 9.47 Å². The first-order chi connectivity index (χ1) is 17.2. The van der Waals surface area contributed by atoms with Crippen molar-refractivity contribution in [2.45, 2.75) is 19.8 Å². The summed E-state index contributed by atoms with van der Waals surface area (Å²) in [5.41, 5.74) is -0.184. The number of rotatable bonds is 6. The van der Waals surface area contributed by atoms with E-state index in [1.165, 1.54) is 36.4 Å². The molecule has 12 nitrogen and oxygen atoms in total. The second-order valence-electron chi connectivity index (χ2n) is 7.78. The van der Waals surface area contributed by atoms with Crippen molar-refractivity contribution >= 4 is 23.4 Å². The van der Waals surface area contributed by atoms with Crippen molar-refractivity contribution in [3.05, 3.63) is 107 Å². The molecule has 1 atom stereocenters. The van der Waals surface area contributed by atoms with Gasteiger partial charge in [0.15, 0.2) is 0 Å². The summed E-state index contributed by atoms with van der Waals surface area (Å²) in [5.74, 6) is -1.89. The Balaban J connectivity index is 1.67. The molecular formula is C24H20N4O8. The Morgan fingerprint density at radius 3 is 2.28 bits per heavy atom. The van der Waals surface area contributed by atoms with Crippen molar-refractivity contribution < 1.29 is 24.0 Å². The second kappa shape index (κ2) is 9.70. The number of aromatic nitrogens is 2. The Labute approximate surface area is 202 Å². The van der Waals surface area contributed by atoms with Crippen molar-refractivity contribution in [1.82, 2.24) is 9.97 Å². The molecule has 1 aliphatic heterocycles. The molecule has 0 saturated heterocycles. The quantitative estimate of drug-likeness (QED) is 0.202. The summed E-state index contributed by atoms with van der Waals surface area (Å²) in [4.78, 5) is 64.7. The number of benzene rings is 2. The number of anilines is 1. The maximum atomic E-state index is 12.8. The second-order valence-corrected chi connectivity index (χ2v) is 7.78. The SMILES string of the molecule is CCOC(=O)C1=C(C)Nc2[nH]c(=O)[nH]c(=O)c2C1c1ccc(OC(=O)c2ccc([N+](=O)[O-])cc2)cc1. The van der Waals surface area contributed by atoms with Crippen LogP contribution in [0.2, 0.25) is 0 Å². The average molecular weight is 492 g/mol. The molecule has 2 aromatic carbocycles. The highest BCUT2D eigenvalue weighted by Gasteiger charge is 2.36. The maximum Gasteiger partial charge on any atom is 0.343 e. The third kappa shape index (κ3) is 4.64. The Morgan fingerprint density at radius 2 is 1.67 bits per heavy atom. The van der Waals surface area contributed by atoms with Crippen LogP contribution in [-0.2, 0) is 9.53 Å². The van der Waals surface area contributed by atoms with Crippen LogP contribution in [-0.4, -0.2) is 33.4 Å². The van der Waals surface area contributed by atoms with Gasteiger partial charge in [-0.1, -0.05) is 12.1 Å². The molecule has 1 aromatic heterocycles. The number of fused-ring (bicyclic) bond motifs is 1. The first-order valence-electron chi connectivity index (χ1n) is 10.8. The summed E-state index contributed by atoms with van der Waals surface area (Å²) in [7, 11) is 0. The number of H-pyrrole nitrogens is 2. The molecule has 0 amide bonds. The van der Waals surface area contributed by atoms with Crippen LogP contribution in [0.5, 0.6) is 5.75 Å². The zero-order chi connectivity index (χ0) is 26.0. The number of nitrogens with zero attached hydrogens (tertiary/aromatic N) is 1. The summed E-state index contributed by atoms with van der Waals surface area (Å²) in [6.07, 6.45) is 0.